The topological polar surface area (TPSA) is 52.3 Å². The van der Waals surface area contributed by atoms with Gasteiger partial charge in [-0.05, 0) is 30.2 Å². The highest BCUT2D eigenvalue weighted by Crippen LogP contribution is 2.30. The number of ether oxygens (including phenoxy) is 1. The Hall–Kier alpha value is -1.63. The van der Waals surface area contributed by atoms with Crippen molar-refractivity contribution in [3.8, 4) is 0 Å². The molecule has 0 aromatic heterocycles. The van der Waals surface area contributed by atoms with Gasteiger partial charge in [-0.1, -0.05) is 0 Å². The first-order valence-electron chi connectivity index (χ1n) is 5.42. The van der Waals surface area contributed by atoms with Gasteiger partial charge in [0, 0.05) is 6.54 Å². The Morgan fingerprint density at radius 2 is 2.00 bits per heavy atom. The van der Waals surface area contributed by atoms with Crippen molar-refractivity contribution in [1.82, 2.24) is 0 Å². The summed E-state index contributed by atoms with van der Waals surface area (Å²) in [7, 11) is 1.15. The van der Waals surface area contributed by atoms with E-state index < -0.39 is 29.4 Å². The molecule has 1 aromatic carbocycles. The lowest BCUT2D eigenvalue weighted by molar-refractivity contribution is -0.145. The largest absolute Gasteiger partial charge is 0.469 e. The van der Waals surface area contributed by atoms with Crippen LogP contribution in [0.1, 0.15) is 11.1 Å². The lowest BCUT2D eigenvalue weighted by Crippen LogP contribution is -2.27. The molecule has 7 heteroatoms. The van der Waals surface area contributed by atoms with E-state index in [0.29, 0.717) is 6.07 Å². The molecule has 0 heterocycles. The van der Waals surface area contributed by atoms with Crippen LogP contribution in [0.4, 0.5) is 17.6 Å². The Morgan fingerprint density at radius 1 is 1.37 bits per heavy atom. The van der Waals surface area contributed by atoms with Gasteiger partial charge in [0.05, 0.1) is 18.6 Å². The summed E-state index contributed by atoms with van der Waals surface area (Å²) >= 11 is 0. The summed E-state index contributed by atoms with van der Waals surface area (Å²) in [5.41, 5.74) is 4.30. The highest BCUT2D eigenvalue weighted by atomic mass is 19.4. The van der Waals surface area contributed by atoms with E-state index in [1.807, 2.05) is 0 Å². The molecular formula is C12H13F4NO2. The summed E-state index contributed by atoms with van der Waals surface area (Å²) in [5.74, 6) is -2.45. The quantitative estimate of drug-likeness (QED) is 0.678. The Bertz CT molecular complexity index is 460. The monoisotopic (exact) mass is 279 g/mol. The van der Waals surface area contributed by atoms with E-state index in [1.165, 1.54) is 0 Å². The number of halogens is 4. The first-order valence-corrected chi connectivity index (χ1v) is 5.42. The summed E-state index contributed by atoms with van der Waals surface area (Å²) in [4.78, 5) is 11.3. The molecule has 1 aromatic rings. The van der Waals surface area contributed by atoms with Crippen molar-refractivity contribution in [3.63, 3.8) is 0 Å². The molecule has 0 bridgehead atoms. The average Bonchev–Trinajstić information content (AvgIpc) is 2.33. The van der Waals surface area contributed by atoms with E-state index in [-0.39, 0.29) is 18.5 Å². The SMILES string of the molecule is COC(=O)C(CN)Cc1cc(F)cc(C(F)(F)F)c1. The zero-order chi connectivity index (χ0) is 14.6. The molecule has 0 aliphatic carbocycles. The third-order valence-corrected chi connectivity index (χ3v) is 2.59. The lowest BCUT2D eigenvalue weighted by atomic mass is 9.98. The standard InChI is InChI=1S/C12H13F4NO2/c1-19-11(18)8(6-17)2-7-3-9(12(14,15)16)5-10(13)4-7/h3-5,8H,2,6,17H2,1H3. The molecule has 0 radical (unpaired) electrons. The van der Waals surface area contributed by atoms with Crippen molar-refractivity contribution in [2.24, 2.45) is 11.7 Å². The molecule has 0 aliphatic rings. The second-order valence-electron chi connectivity index (χ2n) is 4.01. The number of hydrogen-bond donors (Lipinski definition) is 1. The van der Waals surface area contributed by atoms with E-state index in [9.17, 15) is 22.4 Å². The molecule has 19 heavy (non-hydrogen) atoms. The van der Waals surface area contributed by atoms with E-state index in [2.05, 4.69) is 4.74 Å². The number of nitrogens with two attached hydrogens (primary N) is 1. The van der Waals surface area contributed by atoms with Crippen molar-refractivity contribution in [3.05, 3.63) is 35.1 Å². The maximum absolute atomic E-state index is 13.1. The van der Waals surface area contributed by atoms with Crippen molar-refractivity contribution < 1.29 is 27.1 Å². The highest BCUT2D eigenvalue weighted by molar-refractivity contribution is 5.72. The molecule has 2 N–H and O–H groups in total. The number of alkyl halides is 3. The molecule has 1 rings (SSSR count). The van der Waals surface area contributed by atoms with E-state index >= 15 is 0 Å². The van der Waals surface area contributed by atoms with Crippen molar-refractivity contribution in [2.45, 2.75) is 12.6 Å². The number of methoxy groups -OCH3 is 1. The molecule has 0 amide bonds. The van der Waals surface area contributed by atoms with Crippen LogP contribution in [-0.4, -0.2) is 19.6 Å². The van der Waals surface area contributed by atoms with Crippen LogP contribution in [0.15, 0.2) is 18.2 Å². The van der Waals surface area contributed by atoms with Crippen LogP contribution >= 0.6 is 0 Å². The molecule has 0 saturated carbocycles. The minimum Gasteiger partial charge on any atom is -0.469 e. The van der Waals surface area contributed by atoms with Gasteiger partial charge in [-0.2, -0.15) is 13.2 Å². The zero-order valence-corrected chi connectivity index (χ0v) is 10.1. The third kappa shape index (κ3) is 4.20. The minimum atomic E-state index is -4.64. The number of benzene rings is 1. The van der Waals surface area contributed by atoms with Gasteiger partial charge in [0.2, 0.25) is 0 Å². The normalized spacial score (nSPS) is 13.2. The molecule has 0 aliphatic heterocycles. The first kappa shape index (κ1) is 15.4. The van der Waals surface area contributed by atoms with Crippen LogP contribution in [0.5, 0.6) is 0 Å². The molecule has 0 saturated heterocycles. The fraction of sp³-hybridized carbons (Fsp3) is 0.417. The van der Waals surface area contributed by atoms with Crippen LogP contribution in [0.3, 0.4) is 0 Å². The second-order valence-corrected chi connectivity index (χ2v) is 4.01. The number of carbonyl (C=O) groups excluding carboxylic acids is 1. The van der Waals surface area contributed by atoms with E-state index in [4.69, 9.17) is 5.73 Å². The second kappa shape index (κ2) is 6.01. The van der Waals surface area contributed by atoms with Crippen LogP contribution in [0, 0.1) is 11.7 Å². The first-order chi connectivity index (χ1) is 8.77. The smallest absolute Gasteiger partial charge is 0.416 e. The Kier molecular flexibility index (Phi) is 4.88. The van der Waals surface area contributed by atoms with Crippen LogP contribution in [0.2, 0.25) is 0 Å². The van der Waals surface area contributed by atoms with Gasteiger partial charge in [0.15, 0.2) is 0 Å². The third-order valence-electron chi connectivity index (χ3n) is 2.59. The molecule has 0 fully saturated rings. The predicted octanol–water partition coefficient (Wildman–Crippen LogP) is 2.13. The van der Waals surface area contributed by atoms with E-state index in [0.717, 1.165) is 19.2 Å². The Balaban J connectivity index is 3.01. The zero-order valence-electron chi connectivity index (χ0n) is 10.1. The fourth-order valence-corrected chi connectivity index (χ4v) is 1.65. The molecule has 106 valence electrons. The molecule has 1 unspecified atom stereocenters. The summed E-state index contributed by atoms with van der Waals surface area (Å²) < 4.78 is 55.1. The van der Waals surface area contributed by atoms with Crippen LogP contribution in [-0.2, 0) is 22.1 Å². The van der Waals surface area contributed by atoms with Gasteiger partial charge >= 0.3 is 12.1 Å². The summed E-state index contributed by atoms with van der Waals surface area (Å²) in [6.07, 6.45) is -4.75. The number of carbonyl (C=O) groups is 1. The molecule has 3 nitrogen and oxygen atoms in total. The predicted molar refractivity (Wildman–Crippen MR) is 59.7 cm³/mol. The average molecular weight is 279 g/mol. The lowest BCUT2D eigenvalue weighted by Gasteiger charge is -2.14. The van der Waals surface area contributed by atoms with Crippen molar-refractivity contribution in [2.75, 3.05) is 13.7 Å². The number of hydrogen-bond acceptors (Lipinski definition) is 3. The van der Waals surface area contributed by atoms with Gasteiger partial charge in [-0.25, -0.2) is 4.39 Å². The summed E-state index contributed by atoms with van der Waals surface area (Å²) in [6, 6.07) is 2.15. The molecule has 1 atom stereocenters. The van der Waals surface area contributed by atoms with Crippen LogP contribution < -0.4 is 5.73 Å². The maximum atomic E-state index is 13.1. The van der Waals surface area contributed by atoms with Gasteiger partial charge in [-0.15, -0.1) is 0 Å². The minimum absolute atomic E-state index is 0.0492. The van der Waals surface area contributed by atoms with Gasteiger partial charge in [0.1, 0.15) is 5.82 Å². The summed E-state index contributed by atoms with van der Waals surface area (Å²) in [6.45, 7) is -0.0927. The Morgan fingerprint density at radius 3 is 2.47 bits per heavy atom. The van der Waals surface area contributed by atoms with Gasteiger partial charge in [0.25, 0.3) is 0 Å². The van der Waals surface area contributed by atoms with Crippen molar-refractivity contribution in [1.29, 1.82) is 0 Å². The number of esters is 1. The molecular weight excluding hydrogens is 266 g/mol. The number of rotatable bonds is 4. The van der Waals surface area contributed by atoms with E-state index in [1.54, 1.807) is 0 Å². The fourth-order valence-electron chi connectivity index (χ4n) is 1.65. The summed E-state index contributed by atoms with van der Waals surface area (Å²) in [5, 5.41) is 0. The highest BCUT2D eigenvalue weighted by Gasteiger charge is 2.31. The molecule has 0 spiro atoms. The van der Waals surface area contributed by atoms with Crippen molar-refractivity contribution >= 4 is 5.97 Å². The Labute approximate surface area is 107 Å². The maximum Gasteiger partial charge on any atom is 0.416 e. The van der Waals surface area contributed by atoms with Crippen LogP contribution in [0.25, 0.3) is 0 Å². The van der Waals surface area contributed by atoms with Gasteiger partial charge < -0.3 is 10.5 Å². The van der Waals surface area contributed by atoms with Gasteiger partial charge in [-0.3, -0.25) is 4.79 Å².